The molecule has 130 valence electrons. The molecule has 4 nitrogen and oxygen atoms in total. The molecule has 0 fully saturated rings. The summed E-state index contributed by atoms with van der Waals surface area (Å²) in [7, 11) is 0. The number of thioether (sulfide) groups is 1. The number of rotatable bonds is 6. The molecule has 24 heavy (non-hydrogen) atoms. The number of hydrogen-bond acceptors (Lipinski definition) is 5. The zero-order chi connectivity index (χ0) is 17.8. The molecule has 0 aliphatic rings. The maximum atomic E-state index is 12.8. The van der Waals surface area contributed by atoms with Gasteiger partial charge in [0.05, 0.1) is 0 Å². The lowest BCUT2D eigenvalue weighted by atomic mass is 10.2. The van der Waals surface area contributed by atoms with Gasteiger partial charge in [-0.3, -0.25) is 4.98 Å². The lowest BCUT2D eigenvalue weighted by molar-refractivity contribution is -0.290. The van der Waals surface area contributed by atoms with E-state index in [0.29, 0.717) is 11.4 Å². The molecule has 2 rings (SSSR count). The molecule has 0 spiro atoms. The molecule has 0 N–H and O–H groups in total. The van der Waals surface area contributed by atoms with Gasteiger partial charge in [-0.15, -0.1) is 22.0 Å². The van der Waals surface area contributed by atoms with Gasteiger partial charge < -0.3 is 4.74 Å². The average Bonchev–Trinajstić information content (AvgIpc) is 2.53. The van der Waals surface area contributed by atoms with Crippen LogP contribution in [0.1, 0.15) is 6.92 Å². The molecule has 0 saturated carbocycles. The number of hydrogen-bond donors (Lipinski definition) is 0. The first-order chi connectivity index (χ1) is 11.2. The summed E-state index contributed by atoms with van der Waals surface area (Å²) in [4.78, 5) is 5.04. The average molecular weight is 365 g/mol. The van der Waals surface area contributed by atoms with Gasteiger partial charge in [0.2, 0.25) is 5.88 Å². The highest BCUT2D eigenvalue weighted by molar-refractivity contribution is 7.99. The van der Waals surface area contributed by atoms with Crippen LogP contribution in [0.3, 0.4) is 0 Å². The van der Waals surface area contributed by atoms with E-state index in [9.17, 15) is 22.0 Å². The Hall–Kier alpha value is -1.97. The van der Waals surface area contributed by atoms with Gasteiger partial charge in [0, 0.05) is 17.2 Å². The SMILES string of the molecule is CCSc1cccnc1-c1ccc(OCC(F)(F)C(F)(F)F)nn1. The van der Waals surface area contributed by atoms with Crippen LogP contribution in [0.15, 0.2) is 35.4 Å². The van der Waals surface area contributed by atoms with Crippen LogP contribution < -0.4 is 4.74 Å². The van der Waals surface area contributed by atoms with Crippen molar-refractivity contribution in [3.8, 4) is 17.3 Å². The standard InChI is InChI=1S/C14H12F5N3OS/c1-2-24-10-4-3-7-20-12(10)9-5-6-11(22-21-9)23-8-13(15,16)14(17,18)19/h3-7H,2,8H2,1H3. The summed E-state index contributed by atoms with van der Waals surface area (Å²) in [5.41, 5.74) is 0.908. The second kappa shape index (κ2) is 7.29. The lowest BCUT2D eigenvalue weighted by Crippen LogP contribution is -2.41. The van der Waals surface area contributed by atoms with Crippen LogP contribution in [-0.4, -0.2) is 39.6 Å². The molecule has 0 aliphatic heterocycles. The molecule has 0 unspecified atom stereocenters. The van der Waals surface area contributed by atoms with E-state index in [2.05, 4.69) is 19.9 Å². The van der Waals surface area contributed by atoms with Crippen LogP contribution >= 0.6 is 11.8 Å². The number of aromatic nitrogens is 3. The van der Waals surface area contributed by atoms with Crippen molar-refractivity contribution >= 4 is 11.8 Å². The highest BCUT2D eigenvalue weighted by Gasteiger charge is 2.58. The summed E-state index contributed by atoms with van der Waals surface area (Å²) in [6.07, 6.45) is -4.12. The summed E-state index contributed by atoms with van der Waals surface area (Å²) in [6.45, 7) is 0.107. The summed E-state index contributed by atoms with van der Waals surface area (Å²) in [5, 5.41) is 7.30. The Balaban J connectivity index is 2.12. The van der Waals surface area contributed by atoms with Crippen molar-refractivity contribution in [2.24, 2.45) is 0 Å². The predicted octanol–water partition coefficient (Wildman–Crippen LogP) is 4.23. The molecule has 0 atom stereocenters. The van der Waals surface area contributed by atoms with Crippen molar-refractivity contribution in [3.63, 3.8) is 0 Å². The van der Waals surface area contributed by atoms with Gasteiger partial charge >= 0.3 is 12.1 Å². The first-order valence-electron chi connectivity index (χ1n) is 6.74. The van der Waals surface area contributed by atoms with Crippen LogP contribution in [0.25, 0.3) is 11.4 Å². The fourth-order valence-corrected chi connectivity index (χ4v) is 2.40. The van der Waals surface area contributed by atoms with Crippen molar-refractivity contribution in [1.29, 1.82) is 0 Å². The summed E-state index contributed by atoms with van der Waals surface area (Å²) < 4.78 is 66.2. The highest BCUT2D eigenvalue weighted by Crippen LogP contribution is 2.35. The molecule has 0 bridgehead atoms. The number of halogens is 5. The maximum absolute atomic E-state index is 12.8. The van der Waals surface area contributed by atoms with E-state index in [-0.39, 0.29) is 0 Å². The van der Waals surface area contributed by atoms with Gasteiger partial charge in [0.15, 0.2) is 6.61 Å². The van der Waals surface area contributed by atoms with E-state index in [1.54, 1.807) is 12.3 Å². The van der Waals surface area contributed by atoms with E-state index in [1.807, 2.05) is 13.0 Å². The number of nitrogens with zero attached hydrogens (tertiary/aromatic N) is 3. The maximum Gasteiger partial charge on any atom is 0.456 e. The van der Waals surface area contributed by atoms with Gasteiger partial charge in [-0.1, -0.05) is 6.92 Å². The van der Waals surface area contributed by atoms with Crippen molar-refractivity contribution in [3.05, 3.63) is 30.5 Å². The second-order valence-corrected chi connectivity index (χ2v) is 5.84. The summed E-state index contributed by atoms with van der Waals surface area (Å²) >= 11 is 1.53. The summed E-state index contributed by atoms with van der Waals surface area (Å²) in [5.74, 6) is -4.58. The van der Waals surface area contributed by atoms with Crippen LogP contribution in [0, 0.1) is 0 Å². The largest absolute Gasteiger partial charge is 0.470 e. The third kappa shape index (κ3) is 4.31. The topological polar surface area (TPSA) is 47.9 Å². The van der Waals surface area contributed by atoms with E-state index in [1.165, 1.54) is 23.9 Å². The van der Waals surface area contributed by atoms with Gasteiger partial charge in [0.25, 0.3) is 0 Å². The minimum Gasteiger partial charge on any atom is -0.470 e. The zero-order valence-electron chi connectivity index (χ0n) is 12.3. The van der Waals surface area contributed by atoms with E-state index in [0.717, 1.165) is 10.6 Å². The van der Waals surface area contributed by atoms with E-state index in [4.69, 9.17) is 0 Å². The summed E-state index contributed by atoms with van der Waals surface area (Å²) in [6, 6.07) is 6.16. The van der Waals surface area contributed by atoms with E-state index >= 15 is 0 Å². The molecular weight excluding hydrogens is 353 g/mol. The second-order valence-electron chi connectivity index (χ2n) is 4.53. The third-order valence-electron chi connectivity index (χ3n) is 2.77. The van der Waals surface area contributed by atoms with Gasteiger partial charge in [-0.05, 0) is 24.0 Å². The monoisotopic (exact) mass is 365 g/mol. The first-order valence-corrected chi connectivity index (χ1v) is 7.72. The predicted molar refractivity (Wildman–Crippen MR) is 78.2 cm³/mol. The van der Waals surface area contributed by atoms with Gasteiger partial charge in [-0.2, -0.15) is 22.0 Å². The highest BCUT2D eigenvalue weighted by atomic mass is 32.2. The molecular formula is C14H12F5N3OS. The first kappa shape index (κ1) is 18.4. The Kier molecular flexibility index (Phi) is 5.58. The Labute approximate surface area is 138 Å². The Morgan fingerprint density at radius 2 is 1.83 bits per heavy atom. The number of ether oxygens (including phenoxy) is 1. The van der Waals surface area contributed by atoms with Crippen molar-refractivity contribution in [2.75, 3.05) is 12.4 Å². The lowest BCUT2D eigenvalue weighted by Gasteiger charge is -2.19. The van der Waals surface area contributed by atoms with Crippen LogP contribution in [0.5, 0.6) is 5.88 Å². The zero-order valence-corrected chi connectivity index (χ0v) is 13.2. The smallest absolute Gasteiger partial charge is 0.456 e. The minimum atomic E-state index is -5.68. The Morgan fingerprint density at radius 1 is 1.08 bits per heavy atom. The number of pyridine rings is 1. The van der Waals surface area contributed by atoms with Crippen LogP contribution in [0.2, 0.25) is 0 Å². The van der Waals surface area contributed by atoms with Crippen molar-refractivity contribution in [1.82, 2.24) is 15.2 Å². The molecule has 0 aliphatic carbocycles. The molecule has 0 amide bonds. The fourth-order valence-electron chi connectivity index (χ4n) is 1.62. The molecule has 2 aromatic rings. The molecule has 0 aromatic carbocycles. The van der Waals surface area contributed by atoms with Gasteiger partial charge in [0.1, 0.15) is 11.4 Å². The Bertz CT molecular complexity index is 679. The molecule has 10 heteroatoms. The Morgan fingerprint density at radius 3 is 2.42 bits per heavy atom. The quantitative estimate of drug-likeness (QED) is 0.566. The van der Waals surface area contributed by atoms with E-state index < -0.39 is 24.6 Å². The molecule has 2 aromatic heterocycles. The molecule has 2 heterocycles. The minimum absolute atomic E-state index is 0.362. The van der Waals surface area contributed by atoms with Crippen molar-refractivity contribution < 1.29 is 26.7 Å². The van der Waals surface area contributed by atoms with Crippen molar-refractivity contribution in [2.45, 2.75) is 23.9 Å². The third-order valence-corrected chi connectivity index (χ3v) is 3.70. The number of alkyl halides is 5. The molecule has 0 radical (unpaired) electrons. The van der Waals surface area contributed by atoms with Gasteiger partial charge in [-0.25, -0.2) is 0 Å². The fraction of sp³-hybridized carbons (Fsp3) is 0.357. The van der Waals surface area contributed by atoms with Crippen LogP contribution in [0.4, 0.5) is 22.0 Å². The molecule has 0 saturated heterocycles. The normalized spacial score (nSPS) is 12.2. The van der Waals surface area contributed by atoms with Crippen LogP contribution in [-0.2, 0) is 0 Å².